The minimum Gasteiger partial charge on any atom is -0.342 e. The predicted octanol–water partition coefficient (Wildman–Crippen LogP) is 3.87. The molecule has 1 aliphatic rings. The maximum atomic E-state index is 12.7. The number of carbonyl (C=O) groups excluding carboxylic acids is 1. The van der Waals surface area contributed by atoms with Crippen molar-refractivity contribution in [1.82, 2.24) is 29.9 Å². The number of nitrogens with one attached hydrogen (secondary N) is 1. The van der Waals surface area contributed by atoms with Gasteiger partial charge in [-0.2, -0.15) is 0 Å². The maximum absolute atomic E-state index is 12.7. The summed E-state index contributed by atoms with van der Waals surface area (Å²) in [7, 11) is 0. The van der Waals surface area contributed by atoms with Gasteiger partial charge in [-0.1, -0.05) is 56.3 Å². The normalized spacial score (nSPS) is 15.1. The number of amides is 1. The third-order valence-electron chi connectivity index (χ3n) is 6.68. The molecular formula is C26H30N6O2S. The monoisotopic (exact) mass is 490 g/mol. The van der Waals surface area contributed by atoms with Crippen LogP contribution in [0.25, 0.3) is 11.2 Å². The third-order valence-corrected chi connectivity index (χ3v) is 7.56. The maximum Gasteiger partial charge on any atom is 0.281 e. The molecule has 0 atom stereocenters. The zero-order valence-corrected chi connectivity index (χ0v) is 21.1. The van der Waals surface area contributed by atoms with Gasteiger partial charge in [0.05, 0.1) is 13.0 Å². The molecule has 1 saturated heterocycles. The molecule has 5 rings (SSSR count). The summed E-state index contributed by atoms with van der Waals surface area (Å²) in [6.07, 6.45) is 1.98. The molecule has 1 amide bonds. The Kier molecular flexibility index (Phi) is 6.27. The van der Waals surface area contributed by atoms with Crippen LogP contribution in [0, 0.1) is 0 Å². The zero-order chi connectivity index (χ0) is 24.6. The first-order valence-electron chi connectivity index (χ1n) is 12.0. The molecule has 35 heavy (non-hydrogen) atoms. The van der Waals surface area contributed by atoms with E-state index in [1.54, 1.807) is 16.0 Å². The first kappa shape index (κ1) is 23.4. The van der Waals surface area contributed by atoms with Crippen LogP contribution in [-0.2, 0) is 23.2 Å². The molecule has 3 aromatic heterocycles. The number of likely N-dealkylation sites (tertiary alicyclic amines) is 1. The van der Waals surface area contributed by atoms with Crippen molar-refractivity contribution in [2.75, 3.05) is 13.1 Å². The summed E-state index contributed by atoms with van der Waals surface area (Å²) in [4.78, 5) is 36.1. The lowest BCUT2D eigenvalue weighted by Crippen LogP contribution is -2.39. The van der Waals surface area contributed by atoms with Gasteiger partial charge in [-0.05, 0) is 40.8 Å². The van der Waals surface area contributed by atoms with Gasteiger partial charge in [-0.15, -0.1) is 16.4 Å². The van der Waals surface area contributed by atoms with Crippen LogP contribution < -0.4 is 5.56 Å². The second-order valence-corrected chi connectivity index (χ2v) is 11.3. The lowest BCUT2D eigenvalue weighted by molar-refractivity contribution is -0.131. The molecule has 4 aromatic rings. The number of thiophene rings is 1. The average molecular weight is 491 g/mol. The molecule has 0 saturated carbocycles. The molecule has 182 valence electrons. The number of fused-ring (bicyclic) bond motifs is 1. The van der Waals surface area contributed by atoms with Crippen molar-refractivity contribution in [1.29, 1.82) is 0 Å². The fourth-order valence-corrected chi connectivity index (χ4v) is 5.24. The van der Waals surface area contributed by atoms with Crippen molar-refractivity contribution in [3.63, 3.8) is 0 Å². The predicted molar refractivity (Wildman–Crippen MR) is 137 cm³/mol. The van der Waals surface area contributed by atoms with Crippen LogP contribution in [0.5, 0.6) is 0 Å². The number of piperidine rings is 1. The number of aromatic nitrogens is 5. The summed E-state index contributed by atoms with van der Waals surface area (Å²) in [5.41, 5.74) is 2.92. The Morgan fingerprint density at radius 2 is 1.89 bits per heavy atom. The van der Waals surface area contributed by atoms with E-state index in [0.717, 1.165) is 23.3 Å². The number of carbonyl (C=O) groups is 1. The Labute approximate surface area is 208 Å². The largest absolute Gasteiger partial charge is 0.342 e. The van der Waals surface area contributed by atoms with Crippen LogP contribution in [0.1, 0.15) is 61.4 Å². The fourth-order valence-electron chi connectivity index (χ4n) is 4.54. The van der Waals surface area contributed by atoms with Gasteiger partial charge in [-0.3, -0.25) is 9.59 Å². The van der Waals surface area contributed by atoms with Crippen LogP contribution in [0.2, 0.25) is 0 Å². The van der Waals surface area contributed by atoms with Gasteiger partial charge in [0.1, 0.15) is 5.82 Å². The van der Waals surface area contributed by atoms with E-state index in [1.165, 1.54) is 5.56 Å². The van der Waals surface area contributed by atoms with Gasteiger partial charge in [0.2, 0.25) is 5.91 Å². The quantitative estimate of drug-likeness (QED) is 0.458. The third kappa shape index (κ3) is 5.05. The van der Waals surface area contributed by atoms with Gasteiger partial charge in [0.25, 0.3) is 5.56 Å². The number of hydrogen-bond donors (Lipinski definition) is 1. The highest BCUT2D eigenvalue weighted by Gasteiger charge is 2.26. The minimum atomic E-state index is -0.268. The molecule has 1 fully saturated rings. The lowest BCUT2D eigenvalue weighted by atomic mass is 9.87. The van der Waals surface area contributed by atoms with E-state index in [-0.39, 0.29) is 28.3 Å². The number of H-pyrrole nitrogens is 1. The van der Waals surface area contributed by atoms with Gasteiger partial charge in [0.15, 0.2) is 11.2 Å². The number of rotatable bonds is 5. The van der Waals surface area contributed by atoms with E-state index in [9.17, 15) is 9.59 Å². The zero-order valence-electron chi connectivity index (χ0n) is 20.3. The van der Waals surface area contributed by atoms with E-state index in [2.05, 4.69) is 60.3 Å². The Hall–Kier alpha value is -3.33. The van der Waals surface area contributed by atoms with Gasteiger partial charge < -0.3 is 9.88 Å². The molecule has 4 heterocycles. The van der Waals surface area contributed by atoms with Crippen molar-refractivity contribution in [2.45, 2.75) is 57.9 Å². The first-order valence-corrected chi connectivity index (χ1v) is 12.9. The molecule has 0 unspecified atom stereocenters. The minimum absolute atomic E-state index is 0.0897. The van der Waals surface area contributed by atoms with E-state index < -0.39 is 0 Å². The SMILES string of the molecule is CC(C)(C)c1ccc(Cn2nnc3c(=O)[nH]c(C4CCN(C(=O)Cc5cccs5)CC4)nc32)cc1. The molecule has 1 aromatic carbocycles. The van der Waals surface area contributed by atoms with Crippen molar-refractivity contribution in [3.8, 4) is 0 Å². The van der Waals surface area contributed by atoms with Gasteiger partial charge >= 0.3 is 0 Å². The van der Waals surface area contributed by atoms with Crippen molar-refractivity contribution in [3.05, 3.63) is 74.0 Å². The fraction of sp³-hybridized carbons (Fsp3) is 0.423. The highest BCUT2D eigenvalue weighted by molar-refractivity contribution is 7.10. The van der Waals surface area contributed by atoms with Crippen LogP contribution in [0.15, 0.2) is 46.6 Å². The van der Waals surface area contributed by atoms with Crippen molar-refractivity contribution >= 4 is 28.4 Å². The second kappa shape index (κ2) is 9.37. The van der Waals surface area contributed by atoms with E-state index >= 15 is 0 Å². The van der Waals surface area contributed by atoms with Crippen molar-refractivity contribution in [2.24, 2.45) is 0 Å². The van der Waals surface area contributed by atoms with Gasteiger partial charge in [-0.25, -0.2) is 9.67 Å². The lowest BCUT2D eigenvalue weighted by Gasteiger charge is -2.31. The molecule has 0 radical (unpaired) electrons. The highest BCUT2D eigenvalue weighted by Crippen LogP contribution is 2.27. The summed E-state index contributed by atoms with van der Waals surface area (Å²) < 4.78 is 1.69. The summed E-state index contributed by atoms with van der Waals surface area (Å²) in [6.45, 7) is 8.38. The Morgan fingerprint density at radius 3 is 2.54 bits per heavy atom. The molecule has 0 bridgehead atoms. The van der Waals surface area contributed by atoms with Crippen molar-refractivity contribution < 1.29 is 4.79 Å². The van der Waals surface area contributed by atoms with E-state index in [1.807, 2.05) is 22.4 Å². The topological polar surface area (TPSA) is 96.8 Å². The van der Waals surface area contributed by atoms with Crippen LogP contribution >= 0.6 is 11.3 Å². The number of nitrogens with zero attached hydrogens (tertiary/aromatic N) is 5. The molecule has 9 heteroatoms. The smallest absolute Gasteiger partial charge is 0.281 e. The number of aromatic amines is 1. The first-order chi connectivity index (χ1) is 16.8. The van der Waals surface area contributed by atoms with Crippen LogP contribution in [-0.4, -0.2) is 48.9 Å². The summed E-state index contributed by atoms with van der Waals surface area (Å²) in [6, 6.07) is 12.4. The Bertz CT molecular complexity index is 1370. The van der Waals surface area contributed by atoms with Crippen LogP contribution in [0.3, 0.4) is 0 Å². The molecule has 0 spiro atoms. The van der Waals surface area contributed by atoms with Gasteiger partial charge in [0, 0.05) is 23.9 Å². The van der Waals surface area contributed by atoms with E-state index in [4.69, 9.17) is 4.98 Å². The summed E-state index contributed by atoms with van der Waals surface area (Å²) >= 11 is 1.61. The molecule has 1 N–H and O–H groups in total. The highest BCUT2D eigenvalue weighted by atomic mass is 32.1. The average Bonchev–Trinajstić information content (AvgIpc) is 3.49. The Morgan fingerprint density at radius 1 is 1.14 bits per heavy atom. The molecule has 0 aliphatic carbocycles. The second-order valence-electron chi connectivity index (χ2n) is 10.2. The summed E-state index contributed by atoms with van der Waals surface area (Å²) in [5.74, 6) is 0.898. The standard InChI is InChI=1S/C26H30N6O2S/c1-26(2,3)19-8-6-17(7-9-19)16-32-24-22(29-30-32)25(34)28-23(27-24)18-10-12-31(13-11-18)21(33)15-20-5-4-14-35-20/h4-9,14,18H,10-13,15-16H2,1-3H3,(H,27,28,34). The molecular weight excluding hydrogens is 460 g/mol. The molecule has 1 aliphatic heterocycles. The number of hydrogen-bond acceptors (Lipinski definition) is 6. The summed E-state index contributed by atoms with van der Waals surface area (Å²) in [5, 5.41) is 10.3. The molecule has 8 nitrogen and oxygen atoms in total. The number of benzene rings is 1. The Balaban J connectivity index is 1.31. The van der Waals surface area contributed by atoms with E-state index in [0.29, 0.717) is 37.5 Å². The van der Waals surface area contributed by atoms with Crippen LogP contribution in [0.4, 0.5) is 0 Å².